The van der Waals surface area contributed by atoms with E-state index in [-0.39, 0.29) is 5.75 Å². The summed E-state index contributed by atoms with van der Waals surface area (Å²) in [5.41, 5.74) is 1.15. The first-order chi connectivity index (χ1) is 8.54. The van der Waals surface area contributed by atoms with Gasteiger partial charge in [-0.1, -0.05) is 12.1 Å². The van der Waals surface area contributed by atoms with E-state index < -0.39 is 12.8 Å². The molecule has 100 valence electrons. The van der Waals surface area contributed by atoms with Crippen molar-refractivity contribution in [3.8, 4) is 5.75 Å². The molecule has 1 N–H and O–H groups in total. The number of hydrogen-bond acceptors (Lipinski definition) is 2. The van der Waals surface area contributed by atoms with Gasteiger partial charge in [-0.3, -0.25) is 0 Å². The fourth-order valence-electron chi connectivity index (χ4n) is 2.14. The number of alkyl halides is 3. The number of ether oxygens (including phenoxy) is 1. The average molecular weight is 259 g/mol. The zero-order valence-electron chi connectivity index (χ0n) is 9.96. The van der Waals surface area contributed by atoms with E-state index in [9.17, 15) is 13.2 Å². The predicted octanol–water partition coefficient (Wildman–Crippen LogP) is 3.09. The maximum Gasteiger partial charge on any atom is 0.422 e. The van der Waals surface area contributed by atoms with Crippen molar-refractivity contribution in [3.05, 3.63) is 29.8 Å². The Morgan fingerprint density at radius 2 is 1.94 bits per heavy atom. The highest BCUT2D eigenvalue weighted by Crippen LogP contribution is 2.25. The summed E-state index contributed by atoms with van der Waals surface area (Å²) in [5.74, 6) is 0.718. The molecule has 1 fully saturated rings. The highest BCUT2D eigenvalue weighted by molar-refractivity contribution is 5.30. The molecule has 2 rings (SSSR count). The average Bonchev–Trinajstić information content (AvgIpc) is 2.37. The van der Waals surface area contributed by atoms with Crippen LogP contribution in [0.5, 0.6) is 5.75 Å². The van der Waals surface area contributed by atoms with Gasteiger partial charge in [0.15, 0.2) is 6.61 Å². The smallest absolute Gasteiger partial charge is 0.422 e. The summed E-state index contributed by atoms with van der Waals surface area (Å²) in [6, 6.07) is 6.91. The summed E-state index contributed by atoms with van der Waals surface area (Å²) in [6.07, 6.45) is -2.03. The highest BCUT2D eigenvalue weighted by atomic mass is 19.4. The van der Waals surface area contributed by atoms with Gasteiger partial charge in [-0.05, 0) is 43.0 Å². The van der Waals surface area contributed by atoms with Crippen LogP contribution in [0.15, 0.2) is 24.3 Å². The van der Waals surface area contributed by atoms with E-state index >= 15 is 0 Å². The monoisotopic (exact) mass is 259 g/mol. The van der Waals surface area contributed by atoms with Gasteiger partial charge in [-0.15, -0.1) is 0 Å². The van der Waals surface area contributed by atoms with Gasteiger partial charge in [0.05, 0.1) is 0 Å². The maximum absolute atomic E-state index is 12.0. The van der Waals surface area contributed by atoms with Crippen LogP contribution in [0.25, 0.3) is 0 Å². The minimum Gasteiger partial charge on any atom is -0.484 e. The van der Waals surface area contributed by atoms with Crippen LogP contribution in [0, 0.1) is 0 Å². The Bertz CT molecular complexity index is 369. The van der Waals surface area contributed by atoms with Gasteiger partial charge < -0.3 is 10.1 Å². The van der Waals surface area contributed by atoms with E-state index in [2.05, 4.69) is 10.1 Å². The zero-order valence-corrected chi connectivity index (χ0v) is 9.96. The van der Waals surface area contributed by atoms with E-state index in [0.29, 0.717) is 5.92 Å². The van der Waals surface area contributed by atoms with Crippen molar-refractivity contribution in [2.75, 3.05) is 19.7 Å². The number of nitrogens with one attached hydrogen (secondary N) is 1. The van der Waals surface area contributed by atoms with Gasteiger partial charge in [0, 0.05) is 6.54 Å². The molecule has 0 bridgehead atoms. The van der Waals surface area contributed by atoms with Crippen molar-refractivity contribution in [2.45, 2.75) is 24.9 Å². The van der Waals surface area contributed by atoms with Crippen molar-refractivity contribution in [3.63, 3.8) is 0 Å². The second-order valence-electron chi connectivity index (χ2n) is 4.52. The third-order valence-electron chi connectivity index (χ3n) is 3.05. The first-order valence-corrected chi connectivity index (χ1v) is 6.05. The van der Waals surface area contributed by atoms with Crippen LogP contribution >= 0.6 is 0 Å². The molecule has 0 amide bonds. The van der Waals surface area contributed by atoms with E-state index in [0.717, 1.165) is 31.5 Å². The molecule has 2 nitrogen and oxygen atoms in total. The molecule has 1 atom stereocenters. The number of hydrogen-bond donors (Lipinski definition) is 1. The highest BCUT2D eigenvalue weighted by Gasteiger charge is 2.28. The molecule has 0 aliphatic carbocycles. The molecule has 1 saturated heterocycles. The minimum absolute atomic E-state index is 0.264. The lowest BCUT2D eigenvalue weighted by molar-refractivity contribution is -0.153. The molecule has 0 spiro atoms. The molecule has 18 heavy (non-hydrogen) atoms. The standard InChI is InChI=1S/C13H16F3NO/c14-13(15,16)9-18-12-5-3-10(4-6-12)11-2-1-7-17-8-11/h3-6,11,17H,1-2,7-9H2. The Morgan fingerprint density at radius 1 is 1.22 bits per heavy atom. The Hall–Kier alpha value is -1.23. The Labute approximate surface area is 104 Å². The van der Waals surface area contributed by atoms with Crippen molar-refractivity contribution in [1.29, 1.82) is 0 Å². The summed E-state index contributed by atoms with van der Waals surface area (Å²) in [6.45, 7) is 0.739. The van der Waals surface area contributed by atoms with Gasteiger partial charge in [0.1, 0.15) is 5.75 Å². The molecular formula is C13H16F3NO. The third-order valence-corrected chi connectivity index (χ3v) is 3.05. The first-order valence-electron chi connectivity index (χ1n) is 6.05. The molecule has 0 aromatic heterocycles. The SMILES string of the molecule is FC(F)(F)COc1ccc(C2CCCNC2)cc1. The Kier molecular flexibility index (Phi) is 4.11. The van der Waals surface area contributed by atoms with Crippen LogP contribution in [0.3, 0.4) is 0 Å². The summed E-state index contributed by atoms with van der Waals surface area (Å²) in [4.78, 5) is 0. The number of halogens is 3. The Balaban J connectivity index is 1.92. The molecular weight excluding hydrogens is 243 g/mol. The van der Waals surface area contributed by atoms with Gasteiger partial charge in [0.2, 0.25) is 0 Å². The molecule has 1 aromatic rings. The van der Waals surface area contributed by atoms with Crippen LogP contribution in [-0.4, -0.2) is 25.9 Å². The fraction of sp³-hybridized carbons (Fsp3) is 0.538. The van der Waals surface area contributed by atoms with Crippen molar-refractivity contribution < 1.29 is 17.9 Å². The van der Waals surface area contributed by atoms with Crippen LogP contribution in [-0.2, 0) is 0 Å². The normalized spacial score (nSPS) is 20.7. The summed E-state index contributed by atoms with van der Waals surface area (Å²) >= 11 is 0. The van der Waals surface area contributed by atoms with E-state index in [4.69, 9.17) is 0 Å². The lowest BCUT2D eigenvalue weighted by Crippen LogP contribution is -2.28. The van der Waals surface area contributed by atoms with Crippen molar-refractivity contribution in [1.82, 2.24) is 5.32 Å². The number of piperidine rings is 1. The minimum atomic E-state index is -4.29. The topological polar surface area (TPSA) is 21.3 Å². The maximum atomic E-state index is 12.0. The number of benzene rings is 1. The predicted molar refractivity (Wildman–Crippen MR) is 62.8 cm³/mol. The first kappa shape index (κ1) is 13.2. The van der Waals surface area contributed by atoms with E-state index in [1.54, 1.807) is 12.1 Å². The van der Waals surface area contributed by atoms with E-state index in [1.807, 2.05) is 12.1 Å². The zero-order chi connectivity index (χ0) is 13.0. The fourth-order valence-corrected chi connectivity index (χ4v) is 2.14. The second-order valence-corrected chi connectivity index (χ2v) is 4.52. The molecule has 1 aliphatic rings. The Morgan fingerprint density at radius 3 is 2.50 bits per heavy atom. The van der Waals surface area contributed by atoms with Crippen molar-refractivity contribution >= 4 is 0 Å². The van der Waals surface area contributed by atoms with Gasteiger partial charge >= 0.3 is 6.18 Å². The second kappa shape index (κ2) is 5.61. The molecule has 1 heterocycles. The van der Waals surface area contributed by atoms with Crippen LogP contribution in [0.1, 0.15) is 24.3 Å². The summed E-state index contributed by atoms with van der Waals surface area (Å²) in [5, 5.41) is 3.31. The summed E-state index contributed by atoms with van der Waals surface area (Å²) in [7, 11) is 0. The van der Waals surface area contributed by atoms with Gasteiger partial charge in [-0.25, -0.2) is 0 Å². The lowest BCUT2D eigenvalue weighted by atomic mass is 9.92. The molecule has 0 radical (unpaired) electrons. The molecule has 0 saturated carbocycles. The van der Waals surface area contributed by atoms with Crippen molar-refractivity contribution in [2.24, 2.45) is 0 Å². The van der Waals surface area contributed by atoms with E-state index in [1.165, 1.54) is 0 Å². The quantitative estimate of drug-likeness (QED) is 0.900. The largest absolute Gasteiger partial charge is 0.484 e. The van der Waals surface area contributed by atoms with Crippen LogP contribution in [0.2, 0.25) is 0 Å². The molecule has 1 aromatic carbocycles. The lowest BCUT2D eigenvalue weighted by Gasteiger charge is -2.23. The van der Waals surface area contributed by atoms with Gasteiger partial charge in [-0.2, -0.15) is 13.2 Å². The van der Waals surface area contributed by atoms with Gasteiger partial charge in [0.25, 0.3) is 0 Å². The number of rotatable bonds is 3. The molecule has 1 aliphatic heterocycles. The van der Waals surface area contributed by atoms with Crippen LogP contribution in [0.4, 0.5) is 13.2 Å². The molecule has 1 unspecified atom stereocenters. The molecule has 5 heteroatoms. The third kappa shape index (κ3) is 3.91. The van der Waals surface area contributed by atoms with Crippen LogP contribution < -0.4 is 10.1 Å². The summed E-state index contributed by atoms with van der Waals surface area (Å²) < 4.78 is 40.6.